The Morgan fingerprint density at radius 2 is 1.62 bits per heavy atom. The van der Waals surface area contributed by atoms with Crippen LogP contribution in [0.1, 0.15) is 5.56 Å². The quantitative estimate of drug-likeness (QED) is 0.239. The second-order valence-corrected chi connectivity index (χ2v) is 9.03. The van der Waals surface area contributed by atoms with E-state index in [4.69, 9.17) is 28.2 Å². The van der Waals surface area contributed by atoms with E-state index in [1.165, 1.54) is 5.56 Å². The third kappa shape index (κ3) is 5.14. The molecule has 4 nitrogen and oxygen atoms in total. The molecule has 4 rings (SSSR count). The highest BCUT2D eigenvalue weighted by Gasteiger charge is 2.14. The summed E-state index contributed by atoms with van der Waals surface area (Å²) in [5, 5.41) is 3.02. The molecule has 2 aromatic carbocycles. The lowest BCUT2D eigenvalue weighted by Crippen LogP contribution is -1.96. The molecule has 0 saturated carbocycles. The SMILES string of the molecule is Cn1ccnc1Sc1cnc(SCc2ccc(Cl)cc2)nc1-c1ccc(Cl)cc1. The van der Waals surface area contributed by atoms with Gasteiger partial charge in [0.2, 0.25) is 0 Å². The lowest BCUT2D eigenvalue weighted by atomic mass is 10.1. The van der Waals surface area contributed by atoms with Gasteiger partial charge in [-0.2, -0.15) is 0 Å². The number of rotatable bonds is 6. The molecule has 146 valence electrons. The van der Waals surface area contributed by atoms with E-state index in [2.05, 4.69) is 9.97 Å². The summed E-state index contributed by atoms with van der Waals surface area (Å²) in [7, 11) is 1.97. The van der Waals surface area contributed by atoms with Crippen molar-refractivity contribution in [3.8, 4) is 11.3 Å². The van der Waals surface area contributed by atoms with Crippen molar-refractivity contribution in [2.24, 2.45) is 7.05 Å². The van der Waals surface area contributed by atoms with Crippen LogP contribution in [0.15, 0.2) is 82.3 Å². The average Bonchev–Trinajstić information content (AvgIpc) is 3.13. The molecular formula is C21H16Cl2N4S2. The lowest BCUT2D eigenvalue weighted by molar-refractivity contribution is 0.789. The number of halogens is 2. The Balaban J connectivity index is 1.63. The third-order valence-corrected chi connectivity index (χ3v) is 6.64. The second kappa shape index (κ2) is 9.22. The van der Waals surface area contributed by atoms with Crippen LogP contribution in [0, 0.1) is 0 Å². The maximum Gasteiger partial charge on any atom is 0.188 e. The zero-order valence-corrected chi connectivity index (χ0v) is 18.6. The fraction of sp³-hybridized carbons (Fsp3) is 0.0952. The molecule has 0 aliphatic heterocycles. The maximum atomic E-state index is 6.07. The molecule has 0 aliphatic carbocycles. The molecule has 0 unspecified atom stereocenters. The average molecular weight is 459 g/mol. The number of nitrogens with zero attached hydrogens (tertiary/aromatic N) is 4. The first-order valence-electron chi connectivity index (χ1n) is 8.74. The van der Waals surface area contributed by atoms with Crippen LogP contribution in [0.5, 0.6) is 0 Å². The molecule has 2 heterocycles. The fourth-order valence-corrected chi connectivity index (χ4v) is 4.49. The first-order chi connectivity index (χ1) is 14.1. The summed E-state index contributed by atoms with van der Waals surface area (Å²) in [4.78, 5) is 14.7. The topological polar surface area (TPSA) is 43.6 Å². The molecule has 0 spiro atoms. The van der Waals surface area contributed by atoms with E-state index in [0.717, 1.165) is 32.1 Å². The van der Waals surface area contributed by atoms with Gasteiger partial charge >= 0.3 is 0 Å². The van der Waals surface area contributed by atoms with Crippen molar-refractivity contribution >= 4 is 46.7 Å². The van der Waals surface area contributed by atoms with Gasteiger partial charge in [-0.05, 0) is 41.6 Å². The van der Waals surface area contributed by atoms with Gasteiger partial charge in [0.1, 0.15) is 0 Å². The summed E-state index contributed by atoms with van der Waals surface area (Å²) < 4.78 is 1.97. The normalized spacial score (nSPS) is 11.0. The largest absolute Gasteiger partial charge is 0.329 e. The minimum Gasteiger partial charge on any atom is -0.329 e. The summed E-state index contributed by atoms with van der Waals surface area (Å²) in [6, 6.07) is 15.5. The highest BCUT2D eigenvalue weighted by atomic mass is 35.5. The van der Waals surface area contributed by atoms with Crippen molar-refractivity contribution in [2.75, 3.05) is 0 Å². The van der Waals surface area contributed by atoms with E-state index in [1.54, 1.807) is 29.7 Å². The standard InChI is InChI=1S/C21H16Cl2N4S2/c1-27-11-10-24-21(27)29-18-12-25-20(28-13-14-2-6-16(22)7-3-14)26-19(18)15-4-8-17(23)9-5-15/h2-12H,13H2,1H3. The predicted molar refractivity (Wildman–Crippen MR) is 121 cm³/mol. The second-order valence-electron chi connectivity index (χ2n) is 6.21. The highest BCUT2D eigenvalue weighted by Crippen LogP contribution is 2.35. The smallest absolute Gasteiger partial charge is 0.188 e. The number of benzene rings is 2. The summed E-state index contributed by atoms with van der Waals surface area (Å²) in [5.74, 6) is 0.767. The first kappa shape index (κ1) is 20.3. The summed E-state index contributed by atoms with van der Waals surface area (Å²) in [5.41, 5.74) is 3.02. The molecule has 0 atom stereocenters. The Hall–Kier alpha value is -1.99. The van der Waals surface area contributed by atoms with Gasteiger partial charge in [0, 0.05) is 47.0 Å². The van der Waals surface area contributed by atoms with Crippen molar-refractivity contribution < 1.29 is 0 Å². The molecule has 0 fully saturated rings. The molecule has 29 heavy (non-hydrogen) atoms. The molecule has 0 bridgehead atoms. The number of thioether (sulfide) groups is 1. The molecule has 0 amide bonds. The summed E-state index contributed by atoms with van der Waals surface area (Å²) in [6.07, 6.45) is 5.56. The van der Waals surface area contributed by atoms with Crippen LogP contribution in [0.3, 0.4) is 0 Å². The van der Waals surface area contributed by atoms with Crippen molar-refractivity contribution in [3.05, 3.63) is 82.7 Å². The van der Waals surface area contributed by atoms with Crippen LogP contribution in [-0.2, 0) is 12.8 Å². The molecule has 8 heteroatoms. The molecule has 4 aromatic rings. The monoisotopic (exact) mass is 458 g/mol. The zero-order chi connectivity index (χ0) is 20.2. The number of hydrogen-bond donors (Lipinski definition) is 0. The minimum absolute atomic E-state index is 0.693. The van der Waals surface area contributed by atoms with Crippen LogP contribution >= 0.6 is 46.7 Å². The van der Waals surface area contributed by atoms with Crippen LogP contribution in [0.2, 0.25) is 10.0 Å². The molecular weight excluding hydrogens is 443 g/mol. The van der Waals surface area contributed by atoms with Crippen LogP contribution in [0.4, 0.5) is 0 Å². The first-order valence-corrected chi connectivity index (χ1v) is 11.3. The third-order valence-electron chi connectivity index (χ3n) is 4.11. The van der Waals surface area contributed by atoms with E-state index in [9.17, 15) is 0 Å². The van der Waals surface area contributed by atoms with E-state index in [0.29, 0.717) is 10.2 Å². The molecule has 0 radical (unpaired) electrons. The fourth-order valence-electron chi connectivity index (χ4n) is 2.59. The lowest BCUT2D eigenvalue weighted by Gasteiger charge is -2.10. The highest BCUT2D eigenvalue weighted by molar-refractivity contribution is 7.99. The van der Waals surface area contributed by atoms with Gasteiger partial charge in [0.25, 0.3) is 0 Å². The van der Waals surface area contributed by atoms with Crippen molar-refractivity contribution in [2.45, 2.75) is 21.0 Å². The van der Waals surface area contributed by atoms with Gasteiger partial charge in [-0.15, -0.1) is 0 Å². The Morgan fingerprint density at radius 1 is 0.931 bits per heavy atom. The number of hydrogen-bond acceptors (Lipinski definition) is 5. The van der Waals surface area contributed by atoms with Gasteiger partial charge in [0.05, 0.1) is 10.6 Å². The molecule has 0 saturated heterocycles. The summed E-state index contributed by atoms with van der Waals surface area (Å²) >= 11 is 15.2. The summed E-state index contributed by atoms with van der Waals surface area (Å²) in [6.45, 7) is 0. The zero-order valence-electron chi connectivity index (χ0n) is 15.4. The number of aryl methyl sites for hydroxylation is 1. The Bertz CT molecular complexity index is 1110. The number of aromatic nitrogens is 4. The molecule has 0 N–H and O–H groups in total. The number of imidazole rings is 1. The van der Waals surface area contributed by atoms with Crippen LogP contribution < -0.4 is 0 Å². The van der Waals surface area contributed by atoms with E-state index in [-0.39, 0.29) is 0 Å². The van der Waals surface area contributed by atoms with Gasteiger partial charge in [0.15, 0.2) is 10.3 Å². The van der Waals surface area contributed by atoms with Gasteiger partial charge in [-0.25, -0.2) is 15.0 Å². The van der Waals surface area contributed by atoms with E-state index >= 15 is 0 Å². The van der Waals surface area contributed by atoms with Crippen LogP contribution in [0.25, 0.3) is 11.3 Å². The Labute approximate surface area is 187 Å². The van der Waals surface area contributed by atoms with Crippen molar-refractivity contribution in [3.63, 3.8) is 0 Å². The van der Waals surface area contributed by atoms with E-state index in [1.807, 2.05) is 72.5 Å². The van der Waals surface area contributed by atoms with Gasteiger partial charge < -0.3 is 4.57 Å². The predicted octanol–water partition coefficient (Wildman–Crippen LogP) is 6.63. The van der Waals surface area contributed by atoms with Gasteiger partial charge in [-0.1, -0.05) is 59.2 Å². The van der Waals surface area contributed by atoms with Gasteiger partial charge in [-0.3, -0.25) is 0 Å². The van der Waals surface area contributed by atoms with Crippen molar-refractivity contribution in [1.82, 2.24) is 19.5 Å². The van der Waals surface area contributed by atoms with Crippen LogP contribution in [-0.4, -0.2) is 19.5 Å². The van der Waals surface area contributed by atoms with Crippen molar-refractivity contribution in [1.29, 1.82) is 0 Å². The Morgan fingerprint density at radius 3 is 2.28 bits per heavy atom. The maximum absolute atomic E-state index is 6.07. The van der Waals surface area contributed by atoms with E-state index < -0.39 is 0 Å². The molecule has 0 aliphatic rings. The Kier molecular flexibility index (Phi) is 6.45. The minimum atomic E-state index is 0.693. The molecule has 2 aromatic heterocycles.